The molecule has 0 saturated carbocycles. The van der Waals surface area contributed by atoms with Crippen molar-refractivity contribution < 1.29 is 19.1 Å². The van der Waals surface area contributed by atoms with Crippen molar-refractivity contribution in [3.63, 3.8) is 0 Å². The van der Waals surface area contributed by atoms with Crippen molar-refractivity contribution in [1.82, 2.24) is 10.6 Å². The zero-order valence-electron chi connectivity index (χ0n) is 11.1. The highest BCUT2D eigenvalue weighted by molar-refractivity contribution is 6.00. The predicted molar refractivity (Wildman–Crippen MR) is 70.8 cm³/mol. The molecular formula is C14H16N2O4. The number of piperidine rings is 1. The molecular weight excluding hydrogens is 260 g/mol. The molecule has 2 amide bonds. The summed E-state index contributed by atoms with van der Waals surface area (Å²) in [5.74, 6) is -0.981. The molecule has 1 saturated heterocycles. The van der Waals surface area contributed by atoms with E-state index in [0.717, 1.165) is 5.56 Å². The summed E-state index contributed by atoms with van der Waals surface area (Å²) in [6, 6.07) is 6.62. The Bertz CT molecular complexity index is 542. The van der Waals surface area contributed by atoms with Crippen LogP contribution in [-0.2, 0) is 20.9 Å². The van der Waals surface area contributed by atoms with Gasteiger partial charge in [-0.2, -0.15) is 0 Å². The fraction of sp³-hybridized carbons (Fsp3) is 0.357. The van der Waals surface area contributed by atoms with Gasteiger partial charge in [0.2, 0.25) is 11.8 Å². The Morgan fingerprint density at radius 1 is 1.40 bits per heavy atom. The standard InChI is InChI=1S/C14H16N2O4/c1-20-14(19)10-5-3-2-4-9(10)8-15-11-6-7-12(17)16-13(11)18/h2-5,11,15H,6-8H2,1H3,(H,16,17,18)/t11-/m0/s1. The smallest absolute Gasteiger partial charge is 0.338 e. The van der Waals surface area contributed by atoms with Crippen LogP contribution in [0.4, 0.5) is 0 Å². The van der Waals surface area contributed by atoms with E-state index in [4.69, 9.17) is 4.74 Å². The lowest BCUT2D eigenvalue weighted by Gasteiger charge is -2.22. The van der Waals surface area contributed by atoms with Gasteiger partial charge in [0, 0.05) is 13.0 Å². The maximum Gasteiger partial charge on any atom is 0.338 e. The van der Waals surface area contributed by atoms with E-state index in [9.17, 15) is 14.4 Å². The van der Waals surface area contributed by atoms with E-state index in [1.165, 1.54) is 7.11 Å². The minimum absolute atomic E-state index is 0.247. The van der Waals surface area contributed by atoms with Crippen molar-refractivity contribution >= 4 is 17.8 Å². The molecule has 2 rings (SSSR count). The summed E-state index contributed by atoms with van der Waals surface area (Å²) in [5.41, 5.74) is 1.22. The average molecular weight is 276 g/mol. The molecule has 1 fully saturated rings. The van der Waals surface area contributed by atoms with Crippen LogP contribution >= 0.6 is 0 Å². The second-order valence-corrected chi connectivity index (χ2v) is 4.53. The van der Waals surface area contributed by atoms with E-state index in [-0.39, 0.29) is 11.8 Å². The van der Waals surface area contributed by atoms with Crippen LogP contribution in [0.25, 0.3) is 0 Å². The highest BCUT2D eigenvalue weighted by atomic mass is 16.5. The molecule has 20 heavy (non-hydrogen) atoms. The van der Waals surface area contributed by atoms with Gasteiger partial charge >= 0.3 is 5.97 Å². The SMILES string of the molecule is COC(=O)c1ccccc1CN[C@H]1CCC(=O)NC1=O. The van der Waals surface area contributed by atoms with Crippen LogP contribution in [0.5, 0.6) is 0 Å². The number of rotatable bonds is 4. The van der Waals surface area contributed by atoms with Crippen LogP contribution in [0, 0.1) is 0 Å². The normalized spacial score (nSPS) is 18.6. The van der Waals surface area contributed by atoms with E-state index in [1.54, 1.807) is 18.2 Å². The van der Waals surface area contributed by atoms with Crippen molar-refractivity contribution in [1.29, 1.82) is 0 Å². The molecule has 0 bridgehead atoms. The number of imide groups is 1. The molecule has 1 heterocycles. The van der Waals surface area contributed by atoms with Crippen molar-refractivity contribution in [3.8, 4) is 0 Å². The zero-order chi connectivity index (χ0) is 14.5. The summed E-state index contributed by atoms with van der Waals surface area (Å²) in [6.45, 7) is 0.359. The summed E-state index contributed by atoms with van der Waals surface area (Å²) in [6.07, 6.45) is 0.785. The second-order valence-electron chi connectivity index (χ2n) is 4.53. The Hall–Kier alpha value is -2.21. The minimum Gasteiger partial charge on any atom is -0.465 e. The average Bonchev–Trinajstić information content (AvgIpc) is 2.46. The second kappa shape index (κ2) is 6.29. The molecule has 2 N–H and O–H groups in total. The van der Waals surface area contributed by atoms with Gasteiger partial charge in [0.1, 0.15) is 0 Å². The molecule has 0 aromatic heterocycles. The first-order chi connectivity index (χ1) is 9.61. The molecule has 106 valence electrons. The van der Waals surface area contributed by atoms with Crippen LogP contribution < -0.4 is 10.6 Å². The molecule has 1 aliphatic rings. The van der Waals surface area contributed by atoms with Gasteiger partial charge in [-0.1, -0.05) is 18.2 Å². The molecule has 1 aromatic carbocycles. The third kappa shape index (κ3) is 3.21. The first kappa shape index (κ1) is 14.2. The third-order valence-corrected chi connectivity index (χ3v) is 3.20. The van der Waals surface area contributed by atoms with Gasteiger partial charge in [0.05, 0.1) is 18.7 Å². The van der Waals surface area contributed by atoms with E-state index in [1.807, 2.05) is 6.07 Å². The summed E-state index contributed by atoms with van der Waals surface area (Å²) in [5, 5.41) is 5.34. The number of nitrogens with one attached hydrogen (secondary N) is 2. The van der Waals surface area contributed by atoms with E-state index >= 15 is 0 Å². The van der Waals surface area contributed by atoms with Gasteiger partial charge in [-0.25, -0.2) is 4.79 Å². The Morgan fingerprint density at radius 2 is 2.15 bits per heavy atom. The highest BCUT2D eigenvalue weighted by Crippen LogP contribution is 2.11. The molecule has 0 unspecified atom stereocenters. The van der Waals surface area contributed by atoms with Crippen LogP contribution in [0.2, 0.25) is 0 Å². The van der Waals surface area contributed by atoms with E-state index in [0.29, 0.717) is 24.9 Å². The Morgan fingerprint density at radius 3 is 2.85 bits per heavy atom. The molecule has 0 radical (unpaired) electrons. The maximum absolute atomic E-state index is 11.6. The number of amides is 2. The third-order valence-electron chi connectivity index (χ3n) is 3.20. The quantitative estimate of drug-likeness (QED) is 0.613. The van der Waals surface area contributed by atoms with E-state index < -0.39 is 12.0 Å². The van der Waals surface area contributed by atoms with Gasteiger partial charge in [-0.3, -0.25) is 14.9 Å². The molecule has 0 spiro atoms. The monoisotopic (exact) mass is 276 g/mol. The number of ether oxygens (including phenoxy) is 1. The fourth-order valence-electron chi connectivity index (χ4n) is 2.11. The van der Waals surface area contributed by atoms with Crippen molar-refractivity contribution in [3.05, 3.63) is 35.4 Å². The molecule has 0 aliphatic carbocycles. The van der Waals surface area contributed by atoms with Gasteiger partial charge in [-0.05, 0) is 18.1 Å². The molecule has 1 aromatic rings. The maximum atomic E-state index is 11.6. The zero-order valence-corrected chi connectivity index (χ0v) is 11.1. The number of carbonyl (C=O) groups is 3. The summed E-state index contributed by atoms with van der Waals surface area (Å²) < 4.78 is 4.71. The van der Waals surface area contributed by atoms with Crippen LogP contribution in [0.1, 0.15) is 28.8 Å². The number of methoxy groups -OCH3 is 1. The Balaban J connectivity index is 2.02. The molecule has 6 heteroatoms. The van der Waals surface area contributed by atoms with Gasteiger partial charge < -0.3 is 10.1 Å². The van der Waals surface area contributed by atoms with Crippen LogP contribution in [0.3, 0.4) is 0 Å². The van der Waals surface area contributed by atoms with Crippen molar-refractivity contribution in [2.45, 2.75) is 25.4 Å². The number of hydrogen-bond donors (Lipinski definition) is 2. The van der Waals surface area contributed by atoms with Gasteiger partial charge in [0.15, 0.2) is 0 Å². The number of carbonyl (C=O) groups excluding carboxylic acids is 3. The van der Waals surface area contributed by atoms with Crippen LogP contribution in [-0.4, -0.2) is 30.9 Å². The summed E-state index contributed by atoms with van der Waals surface area (Å²) >= 11 is 0. The van der Waals surface area contributed by atoms with Crippen LogP contribution in [0.15, 0.2) is 24.3 Å². The van der Waals surface area contributed by atoms with Gasteiger partial charge in [0.25, 0.3) is 0 Å². The molecule has 1 atom stereocenters. The largest absolute Gasteiger partial charge is 0.465 e. The fourth-order valence-corrected chi connectivity index (χ4v) is 2.11. The number of esters is 1. The van der Waals surface area contributed by atoms with Crippen molar-refractivity contribution in [2.24, 2.45) is 0 Å². The lowest BCUT2D eigenvalue weighted by molar-refractivity contribution is -0.134. The number of hydrogen-bond acceptors (Lipinski definition) is 5. The predicted octanol–water partition coefficient (Wildman–Crippen LogP) is 0.368. The Labute approximate surface area is 116 Å². The van der Waals surface area contributed by atoms with E-state index in [2.05, 4.69) is 10.6 Å². The summed E-state index contributed by atoms with van der Waals surface area (Å²) in [4.78, 5) is 34.3. The lowest BCUT2D eigenvalue weighted by Crippen LogP contribution is -2.50. The molecule has 1 aliphatic heterocycles. The highest BCUT2D eigenvalue weighted by Gasteiger charge is 2.26. The minimum atomic E-state index is -0.418. The first-order valence-electron chi connectivity index (χ1n) is 6.35. The Kier molecular flexibility index (Phi) is 4.47. The first-order valence-corrected chi connectivity index (χ1v) is 6.35. The number of benzene rings is 1. The van der Waals surface area contributed by atoms with Crippen molar-refractivity contribution in [2.75, 3.05) is 7.11 Å². The molecule has 6 nitrogen and oxygen atoms in total. The summed E-state index contributed by atoms with van der Waals surface area (Å²) in [7, 11) is 1.33. The van der Waals surface area contributed by atoms with Gasteiger partial charge in [-0.15, -0.1) is 0 Å². The lowest BCUT2D eigenvalue weighted by atomic mass is 10.0. The topological polar surface area (TPSA) is 84.5 Å².